The number of carbonyl (C=O) groups is 2. The number of methoxy groups -OCH3 is 1. The Labute approximate surface area is 157 Å². The van der Waals surface area contributed by atoms with E-state index in [0.717, 1.165) is 12.5 Å². The highest BCUT2D eigenvalue weighted by Gasteiger charge is 2.22. The van der Waals surface area contributed by atoms with Gasteiger partial charge in [0, 0.05) is 24.3 Å². The van der Waals surface area contributed by atoms with Crippen molar-refractivity contribution < 1.29 is 22.7 Å². The number of nitrogens with two attached hydrogens (primary N) is 1. The average molecular weight is 389 g/mol. The van der Waals surface area contributed by atoms with Gasteiger partial charge in [-0.25, -0.2) is 13.6 Å². The standard InChI is InChI=1S/C18H19N3O5S/c1-26-16-8-7-14(27(19,24)25)11-15(16)18(23)20-12-4-2-5-13(10-12)21-9-3-6-17(21)22/h2,4-5,7-8,10-11H,3,6,9H2,1H3,(H,20,23)(H2,19,24,25). The lowest BCUT2D eigenvalue weighted by atomic mass is 10.1. The second-order valence-corrected chi connectivity index (χ2v) is 7.62. The third-order valence-electron chi connectivity index (χ3n) is 4.23. The van der Waals surface area contributed by atoms with E-state index in [1.165, 1.54) is 19.2 Å². The molecule has 27 heavy (non-hydrogen) atoms. The van der Waals surface area contributed by atoms with Gasteiger partial charge in [-0.3, -0.25) is 9.59 Å². The predicted octanol–water partition coefficient (Wildman–Crippen LogP) is 1.72. The molecule has 0 spiro atoms. The van der Waals surface area contributed by atoms with Gasteiger partial charge >= 0.3 is 0 Å². The minimum Gasteiger partial charge on any atom is -0.496 e. The lowest BCUT2D eigenvalue weighted by molar-refractivity contribution is -0.117. The van der Waals surface area contributed by atoms with Gasteiger partial charge in [0.1, 0.15) is 5.75 Å². The number of anilines is 2. The molecular formula is C18H19N3O5S. The fourth-order valence-electron chi connectivity index (χ4n) is 2.91. The number of nitrogens with one attached hydrogen (secondary N) is 1. The van der Waals surface area contributed by atoms with E-state index in [1.807, 2.05) is 0 Å². The topological polar surface area (TPSA) is 119 Å². The molecular weight excluding hydrogens is 370 g/mol. The molecule has 2 aromatic carbocycles. The number of hydrogen-bond acceptors (Lipinski definition) is 5. The van der Waals surface area contributed by atoms with Crippen LogP contribution in [0.2, 0.25) is 0 Å². The summed E-state index contributed by atoms with van der Waals surface area (Å²) >= 11 is 0. The molecule has 0 aliphatic carbocycles. The van der Waals surface area contributed by atoms with Crippen LogP contribution in [0, 0.1) is 0 Å². The number of rotatable bonds is 5. The molecule has 0 bridgehead atoms. The second-order valence-electron chi connectivity index (χ2n) is 6.06. The van der Waals surface area contributed by atoms with Crippen molar-refractivity contribution in [1.29, 1.82) is 0 Å². The molecule has 1 fully saturated rings. The van der Waals surface area contributed by atoms with Gasteiger partial charge in [-0.15, -0.1) is 0 Å². The molecule has 0 unspecified atom stereocenters. The fourth-order valence-corrected chi connectivity index (χ4v) is 3.45. The summed E-state index contributed by atoms with van der Waals surface area (Å²) in [7, 11) is -2.58. The zero-order valence-corrected chi connectivity index (χ0v) is 15.5. The summed E-state index contributed by atoms with van der Waals surface area (Å²) in [4.78, 5) is 26.0. The average Bonchev–Trinajstić information content (AvgIpc) is 3.06. The summed E-state index contributed by atoms with van der Waals surface area (Å²) in [6, 6.07) is 10.7. The Kier molecular flexibility index (Phi) is 5.15. The van der Waals surface area contributed by atoms with Crippen molar-refractivity contribution >= 4 is 33.2 Å². The minimum absolute atomic E-state index is 0.0340. The molecule has 0 atom stereocenters. The third kappa shape index (κ3) is 4.09. The highest BCUT2D eigenvalue weighted by Crippen LogP contribution is 2.26. The SMILES string of the molecule is COc1ccc(S(N)(=O)=O)cc1C(=O)Nc1cccc(N2CCCC2=O)c1. The Morgan fingerprint density at radius 3 is 2.63 bits per heavy atom. The molecule has 8 nitrogen and oxygen atoms in total. The second kappa shape index (κ2) is 7.37. The van der Waals surface area contributed by atoms with Gasteiger partial charge in [-0.05, 0) is 42.8 Å². The molecule has 0 aromatic heterocycles. The largest absolute Gasteiger partial charge is 0.496 e. The van der Waals surface area contributed by atoms with Crippen LogP contribution in [-0.4, -0.2) is 33.9 Å². The van der Waals surface area contributed by atoms with Crippen molar-refractivity contribution in [3.05, 3.63) is 48.0 Å². The molecule has 2 aromatic rings. The highest BCUT2D eigenvalue weighted by molar-refractivity contribution is 7.89. The normalized spacial score (nSPS) is 14.3. The summed E-state index contributed by atoms with van der Waals surface area (Å²) in [5.41, 5.74) is 1.20. The van der Waals surface area contributed by atoms with Crippen molar-refractivity contribution in [3.8, 4) is 5.75 Å². The Balaban J connectivity index is 1.88. The number of nitrogens with zero attached hydrogens (tertiary/aromatic N) is 1. The molecule has 3 rings (SSSR count). The summed E-state index contributed by atoms with van der Waals surface area (Å²) in [5.74, 6) is -0.297. The maximum Gasteiger partial charge on any atom is 0.259 e. The number of amides is 2. The zero-order chi connectivity index (χ0) is 19.6. The zero-order valence-electron chi connectivity index (χ0n) is 14.6. The smallest absolute Gasteiger partial charge is 0.259 e. The van der Waals surface area contributed by atoms with Crippen LogP contribution in [-0.2, 0) is 14.8 Å². The first-order chi connectivity index (χ1) is 12.8. The van der Waals surface area contributed by atoms with Crippen LogP contribution in [0.5, 0.6) is 5.75 Å². The summed E-state index contributed by atoms with van der Waals surface area (Å²) in [6.07, 6.45) is 1.31. The molecule has 1 aliphatic heterocycles. The van der Waals surface area contributed by atoms with E-state index in [2.05, 4.69) is 5.32 Å². The summed E-state index contributed by atoms with van der Waals surface area (Å²) < 4.78 is 28.3. The van der Waals surface area contributed by atoms with E-state index in [1.54, 1.807) is 29.2 Å². The number of sulfonamides is 1. The van der Waals surface area contributed by atoms with Crippen molar-refractivity contribution in [2.24, 2.45) is 5.14 Å². The molecule has 1 aliphatic rings. The minimum atomic E-state index is -3.96. The maximum atomic E-state index is 12.7. The van der Waals surface area contributed by atoms with E-state index < -0.39 is 15.9 Å². The van der Waals surface area contributed by atoms with Gasteiger partial charge in [-0.1, -0.05) is 6.07 Å². The Hall–Kier alpha value is -2.91. The third-order valence-corrected chi connectivity index (χ3v) is 5.14. The first-order valence-corrected chi connectivity index (χ1v) is 9.77. The van der Waals surface area contributed by atoms with E-state index in [4.69, 9.17) is 9.88 Å². The monoisotopic (exact) mass is 389 g/mol. The molecule has 1 heterocycles. The Bertz CT molecular complexity index is 1000. The molecule has 2 amide bonds. The summed E-state index contributed by atoms with van der Waals surface area (Å²) in [5, 5.41) is 7.83. The molecule has 0 radical (unpaired) electrons. The molecule has 9 heteroatoms. The molecule has 0 saturated carbocycles. The number of benzene rings is 2. The fraction of sp³-hybridized carbons (Fsp3) is 0.222. The van der Waals surface area contributed by atoms with Crippen molar-refractivity contribution in [2.45, 2.75) is 17.7 Å². The van der Waals surface area contributed by atoms with Gasteiger partial charge in [0.05, 0.1) is 17.6 Å². The van der Waals surface area contributed by atoms with E-state index in [0.29, 0.717) is 24.3 Å². The van der Waals surface area contributed by atoms with Gasteiger partial charge in [-0.2, -0.15) is 0 Å². The quantitative estimate of drug-likeness (QED) is 0.807. The van der Waals surface area contributed by atoms with Crippen LogP contribution in [0.25, 0.3) is 0 Å². The first-order valence-electron chi connectivity index (χ1n) is 8.22. The number of hydrogen-bond donors (Lipinski definition) is 2. The van der Waals surface area contributed by atoms with E-state index >= 15 is 0 Å². The molecule has 3 N–H and O–H groups in total. The van der Waals surface area contributed by atoms with Gasteiger partial charge in [0.25, 0.3) is 5.91 Å². The highest BCUT2D eigenvalue weighted by atomic mass is 32.2. The van der Waals surface area contributed by atoms with Crippen LogP contribution >= 0.6 is 0 Å². The molecule has 1 saturated heterocycles. The lowest BCUT2D eigenvalue weighted by Gasteiger charge is -2.17. The van der Waals surface area contributed by atoms with Crippen LogP contribution in [0.1, 0.15) is 23.2 Å². The van der Waals surface area contributed by atoms with Crippen molar-refractivity contribution in [3.63, 3.8) is 0 Å². The Morgan fingerprint density at radius 2 is 2.00 bits per heavy atom. The van der Waals surface area contributed by atoms with Crippen molar-refractivity contribution in [1.82, 2.24) is 0 Å². The van der Waals surface area contributed by atoms with Crippen LogP contribution in [0.15, 0.2) is 47.4 Å². The predicted molar refractivity (Wildman–Crippen MR) is 100 cm³/mol. The van der Waals surface area contributed by atoms with Crippen LogP contribution < -0.4 is 20.1 Å². The van der Waals surface area contributed by atoms with Gasteiger partial charge < -0.3 is 15.0 Å². The Morgan fingerprint density at radius 1 is 1.22 bits per heavy atom. The number of ether oxygens (including phenoxy) is 1. The van der Waals surface area contributed by atoms with Crippen LogP contribution in [0.3, 0.4) is 0 Å². The number of primary sulfonamides is 1. The molecule has 142 valence electrons. The first kappa shape index (κ1) is 18.9. The van der Waals surface area contributed by atoms with Gasteiger partial charge in [0.2, 0.25) is 15.9 Å². The van der Waals surface area contributed by atoms with E-state index in [9.17, 15) is 18.0 Å². The van der Waals surface area contributed by atoms with Crippen LogP contribution in [0.4, 0.5) is 11.4 Å². The van der Waals surface area contributed by atoms with E-state index in [-0.39, 0.29) is 22.1 Å². The van der Waals surface area contributed by atoms with Crippen molar-refractivity contribution in [2.75, 3.05) is 23.9 Å². The lowest BCUT2D eigenvalue weighted by Crippen LogP contribution is -2.23. The number of carbonyl (C=O) groups excluding carboxylic acids is 2. The van der Waals surface area contributed by atoms with Gasteiger partial charge in [0.15, 0.2) is 0 Å². The maximum absolute atomic E-state index is 12.7. The summed E-state index contributed by atoms with van der Waals surface area (Å²) in [6.45, 7) is 0.639.